The summed E-state index contributed by atoms with van der Waals surface area (Å²) < 4.78 is 44.2. The first-order chi connectivity index (χ1) is 10.4. The number of halogens is 1. The van der Waals surface area contributed by atoms with Crippen LogP contribution in [0, 0.1) is 11.7 Å². The molecule has 7 heteroatoms. The smallest absolute Gasteiger partial charge is 0.239 e. The Morgan fingerprint density at radius 2 is 2.23 bits per heavy atom. The topological polar surface area (TPSA) is 72.5 Å². The first-order valence-electron chi connectivity index (χ1n) is 7.30. The van der Waals surface area contributed by atoms with E-state index in [-0.39, 0.29) is 6.42 Å². The molecule has 1 aliphatic heterocycles. The molecular weight excluding hydrogens is 309 g/mol. The molecule has 1 amide bonds. The van der Waals surface area contributed by atoms with Gasteiger partial charge in [0.25, 0.3) is 0 Å². The molecule has 5 nitrogen and oxygen atoms in total. The van der Waals surface area contributed by atoms with Crippen molar-refractivity contribution in [1.29, 1.82) is 0 Å². The van der Waals surface area contributed by atoms with E-state index in [2.05, 4.69) is 0 Å². The standard InChI is InChI=1S/C15H20FNO4S/c16-14-5-1-3-13(9-14)11-22(19,20)17-15(18)7-6-12-4-2-8-21-10-12/h1,3,5,9,12H,2,4,6-8,10-11H2,(H,17,18). The van der Waals surface area contributed by atoms with Gasteiger partial charge in [-0.1, -0.05) is 12.1 Å². The molecular formula is C15H20FNO4S. The minimum absolute atomic E-state index is 0.149. The predicted octanol–water partition coefficient (Wildman–Crippen LogP) is 1.98. The number of benzene rings is 1. The zero-order valence-electron chi connectivity index (χ0n) is 12.3. The van der Waals surface area contributed by atoms with E-state index in [1.54, 1.807) is 0 Å². The van der Waals surface area contributed by atoms with Gasteiger partial charge in [0.15, 0.2) is 0 Å². The Kier molecular flexibility index (Phi) is 5.90. The molecule has 1 N–H and O–H groups in total. The lowest BCUT2D eigenvalue weighted by atomic mass is 9.97. The highest BCUT2D eigenvalue weighted by molar-refractivity contribution is 7.89. The number of nitrogens with one attached hydrogen (secondary N) is 1. The fraction of sp³-hybridized carbons (Fsp3) is 0.533. The number of carbonyl (C=O) groups is 1. The lowest BCUT2D eigenvalue weighted by Crippen LogP contribution is -2.32. The normalized spacial score (nSPS) is 18.9. The molecule has 1 atom stereocenters. The van der Waals surface area contributed by atoms with Gasteiger partial charge in [-0.2, -0.15) is 0 Å². The first-order valence-corrected chi connectivity index (χ1v) is 8.95. The lowest BCUT2D eigenvalue weighted by Gasteiger charge is -2.21. The van der Waals surface area contributed by atoms with Gasteiger partial charge >= 0.3 is 0 Å². The highest BCUT2D eigenvalue weighted by Gasteiger charge is 2.19. The third kappa shape index (κ3) is 5.73. The van der Waals surface area contributed by atoms with Gasteiger partial charge in [0, 0.05) is 19.6 Å². The Hall–Kier alpha value is -1.47. The predicted molar refractivity (Wildman–Crippen MR) is 79.9 cm³/mol. The second-order valence-electron chi connectivity index (χ2n) is 5.54. The van der Waals surface area contributed by atoms with Crippen LogP contribution in [-0.4, -0.2) is 27.5 Å². The van der Waals surface area contributed by atoms with Crippen LogP contribution in [0.25, 0.3) is 0 Å². The molecule has 22 heavy (non-hydrogen) atoms. The van der Waals surface area contributed by atoms with Crippen LogP contribution in [0.1, 0.15) is 31.2 Å². The van der Waals surface area contributed by atoms with Crippen molar-refractivity contribution in [3.63, 3.8) is 0 Å². The van der Waals surface area contributed by atoms with Crippen LogP contribution in [-0.2, 0) is 25.3 Å². The van der Waals surface area contributed by atoms with Crippen molar-refractivity contribution in [1.82, 2.24) is 4.72 Å². The number of sulfonamides is 1. The fourth-order valence-corrected chi connectivity index (χ4v) is 3.62. The van der Waals surface area contributed by atoms with Crippen LogP contribution in [0.2, 0.25) is 0 Å². The maximum atomic E-state index is 13.0. The van der Waals surface area contributed by atoms with Crippen molar-refractivity contribution in [2.75, 3.05) is 13.2 Å². The van der Waals surface area contributed by atoms with Crippen LogP contribution in [0.4, 0.5) is 4.39 Å². The van der Waals surface area contributed by atoms with Crippen molar-refractivity contribution in [3.8, 4) is 0 Å². The van der Waals surface area contributed by atoms with Crippen LogP contribution in [0.3, 0.4) is 0 Å². The van der Waals surface area contributed by atoms with Gasteiger partial charge in [0.05, 0.1) is 5.75 Å². The monoisotopic (exact) mass is 329 g/mol. The zero-order valence-corrected chi connectivity index (χ0v) is 13.1. The average molecular weight is 329 g/mol. The number of carbonyl (C=O) groups excluding carboxylic acids is 1. The van der Waals surface area contributed by atoms with E-state index in [0.717, 1.165) is 25.5 Å². The van der Waals surface area contributed by atoms with Crippen LogP contribution in [0.15, 0.2) is 24.3 Å². The Bertz CT molecular complexity index is 612. The molecule has 1 saturated heterocycles. The van der Waals surface area contributed by atoms with Crippen LogP contribution in [0.5, 0.6) is 0 Å². The van der Waals surface area contributed by atoms with E-state index >= 15 is 0 Å². The molecule has 1 unspecified atom stereocenters. The van der Waals surface area contributed by atoms with Crippen LogP contribution < -0.4 is 4.72 Å². The highest BCUT2D eigenvalue weighted by Crippen LogP contribution is 2.18. The second kappa shape index (κ2) is 7.69. The summed E-state index contributed by atoms with van der Waals surface area (Å²) in [5.74, 6) is -1.13. The first kappa shape index (κ1) is 16.9. The molecule has 0 saturated carbocycles. The highest BCUT2D eigenvalue weighted by atomic mass is 32.2. The molecule has 1 fully saturated rings. The fourth-order valence-electron chi connectivity index (χ4n) is 2.48. The van der Waals surface area contributed by atoms with Crippen molar-refractivity contribution in [2.45, 2.75) is 31.4 Å². The number of hydrogen-bond acceptors (Lipinski definition) is 4. The van der Waals surface area contributed by atoms with E-state index in [9.17, 15) is 17.6 Å². The van der Waals surface area contributed by atoms with E-state index in [0.29, 0.717) is 24.5 Å². The summed E-state index contributed by atoms with van der Waals surface area (Å²) in [6.07, 6.45) is 2.74. The Balaban J connectivity index is 1.81. The van der Waals surface area contributed by atoms with Crippen molar-refractivity contribution < 1.29 is 22.3 Å². The molecule has 0 bridgehead atoms. The average Bonchev–Trinajstić information content (AvgIpc) is 2.45. The Morgan fingerprint density at radius 3 is 2.91 bits per heavy atom. The molecule has 0 spiro atoms. The number of ether oxygens (including phenoxy) is 1. The van der Waals surface area contributed by atoms with Gasteiger partial charge in [-0.15, -0.1) is 0 Å². The van der Waals surface area contributed by atoms with Gasteiger partial charge in [-0.25, -0.2) is 12.8 Å². The molecule has 1 aliphatic rings. The van der Waals surface area contributed by atoms with Gasteiger partial charge in [0.1, 0.15) is 5.82 Å². The number of amides is 1. The lowest BCUT2D eigenvalue weighted by molar-refractivity contribution is -0.119. The van der Waals surface area contributed by atoms with Crippen molar-refractivity contribution >= 4 is 15.9 Å². The van der Waals surface area contributed by atoms with Gasteiger partial charge in [0.2, 0.25) is 15.9 Å². The van der Waals surface area contributed by atoms with E-state index in [1.807, 2.05) is 4.72 Å². The zero-order chi connectivity index (χ0) is 16.0. The molecule has 122 valence electrons. The third-order valence-electron chi connectivity index (χ3n) is 3.55. The molecule has 0 aromatic heterocycles. The van der Waals surface area contributed by atoms with Gasteiger partial charge < -0.3 is 4.74 Å². The summed E-state index contributed by atoms with van der Waals surface area (Å²) in [5, 5.41) is 0. The van der Waals surface area contributed by atoms with Crippen molar-refractivity contribution in [3.05, 3.63) is 35.6 Å². The molecule has 1 aromatic rings. The minimum Gasteiger partial charge on any atom is -0.381 e. The molecule has 0 aliphatic carbocycles. The summed E-state index contributed by atoms with van der Waals surface area (Å²) in [6, 6.07) is 5.32. The van der Waals surface area contributed by atoms with Crippen LogP contribution >= 0.6 is 0 Å². The van der Waals surface area contributed by atoms with E-state index in [4.69, 9.17) is 4.74 Å². The molecule has 1 heterocycles. The molecule has 0 radical (unpaired) electrons. The second-order valence-corrected chi connectivity index (χ2v) is 7.26. The summed E-state index contributed by atoms with van der Waals surface area (Å²) in [7, 11) is -3.80. The summed E-state index contributed by atoms with van der Waals surface area (Å²) in [6.45, 7) is 1.38. The van der Waals surface area contributed by atoms with Gasteiger partial charge in [-0.05, 0) is 42.9 Å². The summed E-state index contributed by atoms with van der Waals surface area (Å²) in [4.78, 5) is 11.8. The Labute approximate surface area is 129 Å². The maximum Gasteiger partial charge on any atom is 0.239 e. The SMILES string of the molecule is O=C(CCC1CCCOC1)NS(=O)(=O)Cc1cccc(F)c1. The third-order valence-corrected chi connectivity index (χ3v) is 4.80. The molecule has 2 rings (SSSR count). The summed E-state index contributed by atoms with van der Waals surface area (Å²) >= 11 is 0. The maximum absolute atomic E-state index is 13.0. The van der Waals surface area contributed by atoms with E-state index in [1.165, 1.54) is 18.2 Å². The number of hydrogen-bond donors (Lipinski definition) is 1. The Morgan fingerprint density at radius 1 is 1.41 bits per heavy atom. The molecule has 1 aromatic carbocycles. The largest absolute Gasteiger partial charge is 0.381 e. The van der Waals surface area contributed by atoms with Gasteiger partial charge in [-0.3, -0.25) is 9.52 Å². The van der Waals surface area contributed by atoms with Crippen molar-refractivity contribution in [2.24, 2.45) is 5.92 Å². The quantitative estimate of drug-likeness (QED) is 0.866. The minimum atomic E-state index is -3.80. The number of rotatable bonds is 6. The summed E-state index contributed by atoms with van der Waals surface area (Å²) in [5.41, 5.74) is 0.306. The van der Waals surface area contributed by atoms with E-state index < -0.39 is 27.5 Å².